The van der Waals surface area contributed by atoms with Crippen LogP contribution in [-0.2, 0) is 4.79 Å². The standard InChI is InChI=1S/C19H26N4O3/c1-13(2)9-10-23(12-18(24)21-17-11-15(4)26-22-17)19(25)20-16-8-6-5-7-14(16)3/h5-8,11,13H,9-10,12H2,1-4H3,(H,20,25)(H,21,22,24). The summed E-state index contributed by atoms with van der Waals surface area (Å²) in [6.07, 6.45) is 0.803. The van der Waals surface area contributed by atoms with Gasteiger partial charge in [-0.05, 0) is 37.8 Å². The van der Waals surface area contributed by atoms with Crippen LogP contribution in [0.25, 0.3) is 0 Å². The highest BCUT2D eigenvalue weighted by molar-refractivity contribution is 5.96. The van der Waals surface area contributed by atoms with E-state index in [2.05, 4.69) is 29.6 Å². The average Bonchev–Trinajstić information content (AvgIpc) is 2.98. The quantitative estimate of drug-likeness (QED) is 0.788. The average molecular weight is 358 g/mol. The Morgan fingerprint density at radius 1 is 1.19 bits per heavy atom. The van der Waals surface area contributed by atoms with Gasteiger partial charge in [-0.2, -0.15) is 0 Å². The van der Waals surface area contributed by atoms with Crippen molar-refractivity contribution in [1.82, 2.24) is 10.1 Å². The van der Waals surface area contributed by atoms with Gasteiger partial charge in [0.2, 0.25) is 5.91 Å². The van der Waals surface area contributed by atoms with E-state index in [1.165, 1.54) is 4.90 Å². The maximum Gasteiger partial charge on any atom is 0.322 e. The number of anilines is 2. The van der Waals surface area contributed by atoms with Crippen LogP contribution in [0.4, 0.5) is 16.3 Å². The molecule has 0 saturated carbocycles. The SMILES string of the molecule is Cc1cc(NC(=O)CN(CCC(C)C)C(=O)Nc2ccccc2C)no1. The predicted molar refractivity (Wildman–Crippen MR) is 101 cm³/mol. The fourth-order valence-corrected chi connectivity index (χ4v) is 2.35. The number of urea groups is 1. The van der Waals surface area contributed by atoms with E-state index in [4.69, 9.17) is 4.52 Å². The van der Waals surface area contributed by atoms with E-state index < -0.39 is 0 Å². The lowest BCUT2D eigenvalue weighted by Crippen LogP contribution is -2.41. The van der Waals surface area contributed by atoms with Crippen LogP contribution in [0, 0.1) is 19.8 Å². The maximum absolute atomic E-state index is 12.7. The highest BCUT2D eigenvalue weighted by Gasteiger charge is 2.19. The number of aromatic nitrogens is 1. The molecule has 2 rings (SSSR count). The van der Waals surface area contributed by atoms with Crippen molar-refractivity contribution in [3.8, 4) is 0 Å². The smallest absolute Gasteiger partial charge is 0.322 e. The van der Waals surface area contributed by atoms with Crippen molar-refractivity contribution in [2.75, 3.05) is 23.7 Å². The Bertz CT molecular complexity index is 755. The van der Waals surface area contributed by atoms with Gasteiger partial charge in [-0.25, -0.2) is 4.79 Å². The van der Waals surface area contributed by atoms with Crippen LogP contribution in [0.2, 0.25) is 0 Å². The van der Waals surface area contributed by atoms with Crippen LogP contribution < -0.4 is 10.6 Å². The summed E-state index contributed by atoms with van der Waals surface area (Å²) in [5, 5.41) is 9.26. The number of aryl methyl sites for hydroxylation is 2. The number of hydrogen-bond donors (Lipinski definition) is 2. The summed E-state index contributed by atoms with van der Waals surface area (Å²) in [6.45, 7) is 8.25. The van der Waals surface area contributed by atoms with E-state index in [-0.39, 0.29) is 18.5 Å². The molecule has 2 N–H and O–H groups in total. The van der Waals surface area contributed by atoms with Crippen LogP contribution in [0.15, 0.2) is 34.9 Å². The van der Waals surface area contributed by atoms with Gasteiger partial charge in [0.1, 0.15) is 12.3 Å². The van der Waals surface area contributed by atoms with Gasteiger partial charge in [-0.15, -0.1) is 0 Å². The second-order valence-corrected chi connectivity index (χ2v) is 6.72. The van der Waals surface area contributed by atoms with E-state index in [0.717, 1.165) is 17.7 Å². The first kappa shape index (κ1) is 19.5. The topological polar surface area (TPSA) is 87.5 Å². The lowest BCUT2D eigenvalue weighted by atomic mass is 10.1. The molecular weight excluding hydrogens is 332 g/mol. The fourth-order valence-electron chi connectivity index (χ4n) is 2.35. The molecule has 1 aromatic carbocycles. The molecule has 7 nitrogen and oxygen atoms in total. The first-order valence-electron chi connectivity index (χ1n) is 8.70. The molecule has 7 heteroatoms. The van der Waals surface area contributed by atoms with Gasteiger partial charge in [0.15, 0.2) is 5.82 Å². The van der Waals surface area contributed by atoms with Crippen molar-refractivity contribution in [2.24, 2.45) is 5.92 Å². The zero-order chi connectivity index (χ0) is 19.1. The number of benzene rings is 1. The van der Waals surface area contributed by atoms with Crippen LogP contribution in [0.3, 0.4) is 0 Å². The molecule has 0 atom stereocenters. The zero-order valence-corrected chi connectivity index (χ0v) is 15.7. The van der Waals surface area contributed by atoms with Gasteiger partial charge in [-0.1, -0.05) is 37.2 Å². The molecule has 2 aromatic rings. The van der Waals surface area contributed by atoms with Crippen LogP contribution in [0.1, 0.15) is 31.6 Å². The summed E-state index contributed by atoms with van der Waals surface area (Å²) >= 11 is 0. The Kier molecular flexibility index (Phi) is 6.77. The molecule has 3 amide bonds. The molecular formula is C19H26N4O3. The predicted octanol–water partition coefficient (Wildman–Crippen LogP) is 3.81. The third-order valence-electron chi connectivity index (χ3n) is 3.88. The Morgan fingerprint density at radius 2 is 1.92 bits per heavy atom. The zero-order valence-electron chi connectivity index (χ0n) is 15.7. The van der Waals surface area contributed by atoms with Gasteiger partial charge in [0, 0.05) is 18.3 Å². The minimum absolute atomic E-state index is 0.0592. The summed E-state index contributed by atoms with van der Waals surface area (Å²) in [5.74, 6) is 1.05. The number of nitrogens with zero attached hydrogens (tertiary/aromatic N) is 2. The van der Waals surface area contributed by atoms with Crippen molar-refractivity contribution >= 4 is 23.4 Å². The third-order valence-corrected chi connectivity index (χ3v) is 3.88. The minimum Gasteiger partial charge on any atom is -0.360 e. The number of amides is 3. The van der Waals surface area contributed by atoms with Gasteiger partial charge >= 0.3 is 6.03 Å². The molecule has 140 valence electrons. The van der Waals surface area contributed by atoms with Gasteiger partial charge in [0.05, 0.1) is 0 Å². The monoisotopic (exact) mass is 358 g/mol. The Morgan fingerprint density at radius 3 is 2.54 bits per heavy atom. The highest BCUT2D eigenvalue weighted by Crippen LogP contribution is 2.15. The lowest BCUT2D eigenvalue weighted by Gasteiger charge is -2.23. The van der Waals surface area contributed by atoms with Crippen molar-refractivity contribution in [2.45, 2.75) is 34.1 Å². The van der Waals surface area contributed by atoms with Crippen molar-refractivity contribution in [3.05, 3.63) is 41.7 Å². The summed E-state index contributed by atoms with van der Waals surface area (Å²) < 4.78 is 4.93. The summed E-state index contributed by atoms with van der Waals surface area (Å²) in [6, 6.07) is 8.87. The molecule has 0 fully saturated rings. The molecule has 1 heterocycles. The number of carbonyl (C=O) groups is 2. The lowest BCUT2D eigenvalue weighted by molar-refractivity contribution is -0.116. The summed E-state index contributed by atoms with van der Waals surface area (Å²) in [7, 11) is 0. The number of rotatable bonds is 7. The molecule has 0 aliphatic carbocycles. The molecule has 0 saturated heterocycles. The van der Waals surface area contributed by atoms with Gasteiger partial charge < -0.3 is 20.1 Å². The Labute approximate surface area is 153 Å². The molecule has 0 aliphatic heterocycles. The Hall–Kier alpha value is -2.83. The van der Waals surface area contributed by atoms with Gasteiger partial charge in [-0.3, -0.25) is 4.79 Å². The largest absolute Gasteiger partial charge is 0.360 e. The van der Waals surface area contributed by atoms with Crippen molar-refractivity contribution in [1.29, 1.82) is 0 Å². The maximum atomic E-state index is 12.7. The van der Waals surface area contributed by atoms with E-state index in [1.54, 1.807) is 13.0 Å². The molecule has 0 bridgehead atoms. The van der Waals surface area contributed by atoms with Crippen LogP contribution in [-0.4, -0.2) is 35.1 Å². The molecule has 1 aromatic heterocycles. The highest BCUT2D eigenvalue weighted by atomic mass is 16.5. The number of carbonyl (C=O) groups excluding carboxylic acids is 2. The number of hydrogen-bond acceptors (Lipinski definition) is 4. The van der Waals surface area contributed by atoms with Crippen LogP contribution >= 0.6 is 0 Å². The fraction of sp³-hybridized carbons (Fsp3) is 0.421. The van der Waals surface area contributed by atoms with E-state index in [9.17, 15) is 9.59 Å². The van der Waals surface area contributed by atoms with Crippen molar-refractivity contribution < 1.29 is 14.1 Å². The van der Waals surface area contributed by atoms with Crippen molar-refractivity contribution in [3.63, 3.8) is 0 Å². The number of para-hydroxylation sites is 1. The second-order valence-electron chi connectivity index (χ2n) is 6.72. The molecule has 0 unspecified atom stereocenters. The van der Waals surface area contributed by atoms with E-state index in [0.29, 0.717) is 24.0 Å². The van der Waals surface area contributed by atoms with E-state index in [1.807, 2.05) is 31.2 Å². The normalized spacial score (nSPS) is 10.7. The molecule has 0 radical (unpaired) electrons. The summed E-state index contributed by atoms with van der Waals surface area (Å²) in [4.78, 5) is 26.5. The summed E-state index contributed by atoms with van der Waals surface area (Å²) in [5.41, 5.74) is 1.70. The Balaban J connectivity index is 2.02. The first-order chi connectivity index (χ1) is 12.3. The van der Waals surface area contributed by atoms with E-state index >= 15 is 0 Å². The molecule has 0 spiro atoms. The third kappa shape index (κ3) is 5.91. The van der Waals surface area contributed by atoms with Gasteiger partial charge in [0.25, 0.3) is 0 Å². The number of nitrogens with one attached hydrogen (secondary N) is 2. The molecule has 26 heavy (non-hydrogen) atoms. The molecule has 0 aliphatic rings. The second kappa shape index (κ2) is 9.03. The first-order valence-corrected chi connectivity index (χ1v) is 8.70. The minimum atomic E-state index is -0.318. The van der Waals surface area contributed by atoms with Crippen LogP contribution in [0.5, 0.6) is 0 Å².